The number of rotatable bonds is 2. The van der Waals surface area contributed by atoms with Crippen molar-refractivity contribution in [2.24, 2.45) is 0 Å². The van der Waals surface area contributed by atoms with Crippen molar-refractivity contribution in [3.63, 3.8) is 0 Å². The zero-order valence-corrected chi connectivity index (χ0v) is 11.7. The Balaban J connectivity index is 2.21. The van der Waals surface area contributed by atoms with Gasteiger partial charge in [0.15, 0.2) is 0 Å². The number of imide groups is 1. The van der Waals surface area contributed by atoms with Crippen LogP contribution in [-0.4, -0.2) is 34.7 Å². The molecule has 1 fully saturated rings. The van der Waals surface area contributed by atoms with Gasteiger partial charge in [-0.05, 0) is 26.0 Å². The maximum atomic E-state index is 13.5. The molecule has 1 aliphatic rings. The fourth-order valence-electron chi connectivity index (χ4n) is 2.00. The first-order valence-corrected chi connectivity index (χ1v) is 6.41. The lowest BCUT2D eigenvalue weighted by atomic mass is 9.98. The van der Waals surface area contributed by atoms with E-state index in [0.717, 1.165) is 11.0 Å². The van der Waals surface area contributed by atoms with E-state index >= 15 is 0 Å². The first-order valence-electron chi connectivity index (χ1n) is 6.41. The highest BCUT2D eigenvalue weighted by atomic mass is 19.1. The Hall–Kier alpha value is -2.50. The van der Waals surface area contributed by atoms with Crippen molar-refractivity contribution in [3.05, 3.63) is 41.7 Å². The lowest BCUT2D eigenvalue weighted by Crippen LogP contribution is -2.65. The molecule has 6 heteroatoms. The molecule has 5 nitrogen and oxygen atoms in total. The number of hydrogen-bond donors (Lipinski definition) is 1. The van der Waals surface area contributed by atoms with E-state index in [1.807, 2.05) is 0 Å². The van der Waals surface area contributed by atoms with Gasteiger partial charge in [0.2, 0.25) is 11.8 Å². The average Bonchev–Trinajstić information content (AvgIpc) is 2.42. The van der Waals surface area contributed by atoms with Gasteiger partial charge in [-0.3, -0.25) is 19.7 Å². The van der Waals surface area contributed by atoms with E-state index in [0.29, 0.717) is 0 Å². The molecule has 0 aromatic heterocycles. The van der Waals surface area contributed by atoms with Crippen LogP contribution in [0.15, 0.2) is 30.3 Å². The summed E-state index contributed by atoms with van der Waals surface area (Å²) in [5.74, 6) is -2.04. The second-order valence-corrected chi connectivity index (χ2v) is 5.22. The molecule has 1 aromatic carbocycles. The molecule has 1 heterocycles. The van der Waals surface area contributed by atoms with Gasteiger partial charge >= 0.3 is 0 Å². The highest BCUT2D eigenvalue weighted by molar-refractivity contribution is 6.08. The van der Waals surface area contributed by atoms with Crippen molar-refractivity contribution < 1.29 is 18.8 Å². The van der Waals surface area contributed by atoms with Gasteiger partial charge in [0, 0.05) is 11.6 Å². The Labute approximate surface area is 121 Å². The number of hydrogen-bond acceptors (Lipinski definition) is 3. The first-order chi connectivity index (χ1) is 9.82. The number of nitrogens with one attached hydrogen (secondary N) is 1. The molecule has 0 unspecified atom stereocenters. The molecule has 1 aliphatic heterocycles. The van der Waals surface area contributed by atoms with Crippen LogP contribution in [-0.2, 0) is 14.4 Å². The third-order valence-electron chi connectivity index (χ3n) is 3.36. The number of carbonyl (C=O) groups is 3. The molecule has 0 spiro atoms. The molecule has 1 N–H and O–H groups in total. The van der Waals surface area contributed by atoms with Crippen LogP contribution in [0.2, 0.25) is 0 Å². The van der Waals surface area contributed by atoms with Crippen LogP contribution >= 0.6 is 0 Å². The van der Waals surface area contributed by atoms with E-state index in [1.165, 1.54) is 18.2 Å². The zero-order valence-electron chi connectivity index (χ0n) is 11.7. The summed E-state index contributed by atoms with van der Waals surface area (Å²) in [4.78, 5) is 36.5. The Morgan fingerprint density at radius 1 is 1.33 bits per heavy atom. The standard InChI is InChI=1S/C15H15FN2O3/c1-15(2)14(21)17-12(19)9-18(15)13(20)8-7-10-5-3-4-6-11(10)16/h3-8H,9H2,1-2H3,(H,17,19,21). The van der Waals surface area contributed by atoms with Crippen LogP contribution in [0.4, 0.5) is 4.39 Å². The Morgan fingerprint density at radius 2 is 2.00 bits per heavy atom. The monoisotopic (exact) mass is 290 g/mol. The summed E-state index contributed by atoms with van der Waals surface area (Å²) in [5.41, 5.74) is -0.874. The predicted octanol–water partition coefficient (Wildman–Crippen LogP) is 1.10. The molecule has 0 aliphatic carbocycles. The molecule has 0 saturated carbocycles. The first kappa shape index (κ1) is 14.9. The summed E-state index contributed by atoms with van der Waals surface area (Å²) < 4.78 is 13.5. The number of nitrogens with zero attached hydrogens (tertiary/aromatic N) is 1. The van der Waals surface area contributed by atoms with Crippen molar-refractivity contribution in [3.8, 4) is 0 Å². The van der Waals surface area contributed by atoms with Crippen LogP contribution < -0.4 is 5.32 Å². The van der Waals surface area contributed by atoms with E-state index < -0.39 is 29.1 Å². The molecular formula is C15H15FN2O3. The average molecular weight is 290 g/mol. The minimum absolute atomic E-state index is 0.209. The van der Waals surface area contributed by atoms with Gasteiger partial charge in [-0.2, -0.15) is 0 Å². The van der Waals surface area contributed by atoms with Crippen LogP contribution in [0.25, 0.3) is 6.08 Å². The summed E-state index contributed by atoms with van der Waals surface area (Å²) in [6.45, 7) is 2.88. The molecule has 0 atom stereocenters. The molecule has 3 amide bonds. The lowest BCUT2D eigenvalue weighted by Gasteiger charge is -2.39. The zero-order chi connectivity index (χ0) is 15.6. The van der Waals surface area contributed by atoms with Crippen LogP contribution in [0.5, 0.6) is 0 Å². The van der Waals surface area contributed by atoms with Crippen LogP contribution in [0.1, 0.15) is 19.4 Å². The van der Waals surface area contributed by atoms with Crippen LogP contribution in [0.3, 0.4) is 0 Å². The molecule has 1 saturated heterocycles. The number of amides is 3. The van der Waals surface area contributed by atoms with Gasteiger partial charge in [-0.25, -0.2) is 4.39 Å². The van der Waals surface area contributed by atoms with E-state index in [2.05, 4.69) is 5.32 Å². The normalized spacial score (nSPS) is 18.0. The Kier molecular flexibility index (Phi) is 3.88. The summed E-state index contributed by atoms with van der Waals surface area (Å²) in [7, 11) is 0. The highest BCUT2D eigenvalue weighted by Crippen LogP contribution is 2.19. The molecule has 1 aromatic rings. The smallest absolute Gasteiger partial charge is 0.252 e. The van der Waals surface area contributed by atoms with E-state index in [1.54, 1.807) is 26.0 Å². The second-order valence-electron chi connectivity index (χ2n) is 5.22. The van der Waals surface area contributed by atoms with Gasteiger partial charge in [-0.1, -0.05) is 18.2 Å². The van der Waals surface area contributed by atoms with Gasteiger partial charge in [0.25, 0.3) is 5.91 Å². The van der Waals surface area contributed by atoms with Crippen LogP contribution in [0, 0.1) is 5.82 Å². The van der Waals surface area contributed by atoms with Crippen molar-refractivity contribution >= 4 is 23.8 Å². The second kappa shape index (κ2) is 5.47. The van der Waals surface area contributed by atoms with Crippen molar-refractivity contribution in [2.45, 2.75) is 19.4 Å². The predicted molar refractivity (Wildman–Crippen MR) is 74.4 cm³/mol. The lowest BCUT2D eigenvalue weighted by molar-refractivity contribution is -0.153. The summed E-state index contributed by atoms with van der Waals surface area (Å²) in [6.07, 6.45) is 2.48. The van der Waals surface area contributed by atoms with E-state index in [-0.39, 0.29) is 12.1 Å². The molecular weight excluding hydrogens is 275 g/mol. The van der Waals surface area contributed by atoms with Gasteiger partial charge in [0.05, 0.1) is 0 Å². The van der Waals surface area contributed by atoms with Crippen molar-refractivity contribution in [1.82, 2.24) is 10.2 Å². The molecule has 21 heavy (non-hydrogen) atoms. The maximum absolute atomic E-state index is 13.5. The largest absolute Gasteiger partial charge is 0.316 e. The van der Waals surface area contributed by atoms with Gasteiger partial charge in [0.1, 0.15) is 17.9 Å². The molecule has 2 rings (SSSR count). The number of piperazine rings is 1. The van der Waals surface area contributed by atoms with Gasteiger partial charge in [-0.15, -0.1) is 0 Å². The topological polar surface area (TPSA) is 66.5 Å². The fraction of sp³-hybridized carbons (Fsp3) is 0.267. The number of benzene rings is 1. The molecule has 0 bridgehead atoms. The quantitative estimate of drug-likeness (QED) is 0.655. The van der Waals surface area contributed by atoms with E-state index in [4.69, 9.17) is 0 Å². The summed E-state index contributed by atoms with van der Waals surface area (Å²) >= 11 is 0. The minimum atomic E-state index is -1.13. The maximum Gasteiger partial charge on any atom is 0.252 e. The number of halogens is 1. The Bertz CT molecular complexity index is 638. The summed E-state index contributed by atoms with van der Waals surface area (Å²) in [6, 6.07) is 6.00. The third-order valence-corrected chi connectivity index (χ3v) is 3.36. The SMILES string of the molecule is CC1(C)C(=O)NC(=O)CN1C(=O)C=Cc1ccccc1F. The molecule has 110 valence electrons. The van der Waals surface area contributed by atoms with Crippen molar-refractivity contribution in [2.75, 3.05) is 6.54 Å². The third kappa shape index (κ3) is 2.99. The fourth-order valence-corrected chi connectivity index (χ4v) is 2.00. The number of carbonyl (C=O) groups excluding carboxylic acids is 3. The summed E-state index contributed by atoms with van der Waals surface area (Å²) in [5, 5.41) is 2.18. The highest BCUT2D eigenvalue weighted by Gasteiger charge is 2.42. The van der Waals surface area contributed by atoms with E-state index in [9.17, 15) is 18.8 Å². The molecule has 0 radical (unpaired) electrons. The van der Waals surface area contributed by atoms with Gasteiger partial charge < -0.3 is 4.90 Å². The van der Waals surface area contributed by atoms with Crippen molar-refractivity contribution in [1.29, 1.82) is 0 Å². The Morgan fingerprint density at radius 3 is 2.67 bits per heavy atom. The minimum Gasteiger partial charge on any atom is -0.316 e.